The molecule has 0 saturated carbocycles. The van der Waals surface area contributed by atoms with Crippen LogP contribution in [0, 0.1) is 0 Å². The summed E-state index contributed by atoms with van der Waals surface area (Å²) in [4.78, 5) is 22.9. The summed E-state index contributed by atoms with van der Waals surface area (Å²) in [7, 11) is -0.608. The molecule has 1 N–H and O–H groups in total. The Morgan fingerprint density at radius 2 is 1.89 bits per heavy atom. The van der Waals surface area contributed by atoms with E-state index in [1.807, 2.05) is 0 Å². The molecular formula is C9H15N3O5S. The summed E-state index contributed by atoms with van der Waals surface area (Å²) in [6.45, 7) is 0.0791. The average molecular weight is 277 g/mol. The molecule has 0 bridgehead atoms. The second kappa shape index (κ2) is 5.36. The van der Waals surface area contributed by atoms with Crippen molar-refractivity contribution in [1.82, 2.24) is 9.13 Å². The van der Waals surface area contributed by atoms with Gasteiger partial charge < -0.3 is 5.32 Å². The van der Waals surface area contributed by atoms with Crippen LogP contribution >= 0.6 is 0 Å². The molecule has 1 aromatic heterocycles. The maximum Gasteiger partial charge on any atom is 0.332 e. The van der Waals surface area contributed by atoms with E-state index in [0.29, 0.717) is 5.82 Å². The third kappa shape index (κ3) is 3.70. The Morgan fingerprint density at radius 1 is 1.28 bits per heavy atom. The second-order valence-corrected chi connectivity index (χ2v) is 5.37. The van der Waals surface area contributed by atoms with Crippen molar-refractivity contribution in [1.29, 1.82) is 0 Å². The van der Waals surface area contributed by atoms with Gasteiger partial charge in [0.15, 0.2) is 0 Å². The molecule has 0 amide bonds. The van der Waals surface area contributed by atoms with E-state index in [-0.39, 0.29) is 13.2 Å². The Labute approximate surface area is 104 Å². The Hall–Kier alpha value is -1.61. The Balaban J connectivity index is 2.75. The lowest BCUT2D eigenvalue weighted by Gasteiger charge is -2.11. The molecule has 1 heterocycles. The van der Waals surface area contributed by atoms with Gasteiger partial charge >= 0.3 is 5.69 Å². The van der Waals surface area contributed by atoms with Crippen molar-refractivity contribution in [3.05, 3.63) is 26.9 Å². The van der Waals surface area contributed by atoms with Gasteiger partial charge in [-0.25, -0.2) is 4.79 Å². The standard InChI is InChI=1S/C9H15N3O5S/c1-11-7(6-8(13)12(2)9(11)14)10-4-5-17-18(3,15)16/h6,10H,4-5H2,1-3H3. The van der Waals surface area contributed by atoms with E-state index < -0.39 is 21.4 Å². The van der Waals surface area contributed by atoms with Crippen LogP contribution in [0.25, 0.3) is 0 Å². The van der Waals surface area contributed by atoms with Crippen molar-refractivity contribution in [3.8, 4) is 0 Å². The molecule has 0 saturated heterocycles. The van der Waals surface area contributed by atoms with Crippen LogP contribution in [0.2, 0.25) is 0 Å². The van der Waals surface area contributed by atoms with E-state index in [0.717, 1.165) is 10.8 Å². The number of rotatable bonds is 5. The lowest BCUT2D eigenvalue weighted by Crippen LogP contribution is -2.37. The van der Waals surface area contributed by atoms with Crippen molar-refractivity contribution in [2.24, 2.45) is 14.1 Å². The normalized spacial score (nSPS) is 11.5. The van der Waals surface area contributed by atoms with Gasteiger partial charge in [-0.05, 0) is 0 Å². The molecular weight excluding hydrogens is 262 g/mol. The van der Waals surface area contributed by atoms with Gasteiger partial charge in [-0.2, -0.15) is 8.42 Å². The van der Waals surface area contributed by atoms with E-state index in [4.69, 9.17) is 0 Å². The first-order chi connectivity index (χ1) is 8.22. The molecule has 1 rings (SSSR count). The molecule has 0 aliphatic heterocycles. The highest BCUT2D eigenvalue weighted by molar-refractivity contribution is 7.85. The predicted molar refractivity (Wildman–Crippen MR) is 66.2 cm³/mol. The summed E-state index contributed by atoms with van der Waals surface area (Å²) >= 11 is 0. The lowest BCUT2D eigenvalue weighted by molar-refractivity contribution is 0.335. The lowest BCUT2D eigenvalue weighted by atomic mass is 10.5. The first-order valence-corrected chi connectivity index (χ1v) is 6.89. The minimum Gasteiger partial charge on any atom is -0.369 e. The topological polar surface area (TPSA) is 99.4 Å². The zero-order valence-corrected chi connectivity index (χ0v) is 11.2. The van der Waals surface area contributed by atoms with Gasteiger partial charge in [0.2, 0.25) is 0 Å². The predicted octanol–water partition coefficient (Wildman–Crippen LogP) is -1.53. The third-order valence-electron chi connectivity index (χ3n) is 2.23. The molecule has 0 aliphatic carbocycles. The van der Waals surface area contributed by atoms with Gasteiger partial charge in [-0.1, -0.05) is 0 Å². The molecule has 0 atom stereocenters. The van der Waals surface area contributed by atoms with Gasteiger partial charge in [-0.3, -0.25) is 18.1 Å². The third-order valence-corrected chi connectivity index (χ3v) is 2.83. The van der Waals surface area contributed by atoms with Gasteiger partial charge in [0.1, 0.15) is 5.82 Å². The van der Waals surface area contributed by atoms with Gasteiger partial charge in [-0.15, -0.1) is 0 Å². The molecule has 18 heavy (non-hydrogen) atoms. The maximum absolute atomic E-state index is 11.6. The van der Waals surface area contributed by atoms with Crippen LogP contribution in [0.5, 0.6) is 0 Å². The smallest absolute Gasteiger partial charge is 0.332 e. The van der Waals surface area contributed by atoms with Crippen LogP contribution in [0.15, 0.2) is 15.7 Å². The number of anilines is 1. The molecule has 9 heteroatoms. The number of nitrogens with zero attached hydrogens (tertiary/aromatic N) is 2. The first-order valence-electron chi connectivity index (χ1n) is 5.07. The van der Waals surface area contributed by atoms with Crippen LogP contribution < -0.4 is 16.6 Å². The number of hydrogen-bond donors (Lipinski definition) is 1. The van der Waals surface area contributed by atoms with Crippen LogP contribution in [-0.2, 0) is 28.4 Å². The van der Waals surface area contributed by atoms with Crippen molar-refractivity contribution in [2.45, 2.75) is 0 Å². The fourth-order valence-electron chi connectivity index (χ4n) is 1.27. The zero-order valence-electron chi connectivity index (χ0n) is 10.3. The Morgan fingerprint density at radius 3 is 2.44 bits per heavy atom. The summed E-state index contributed by atoms with van der Waals surface area (Å²) in [5.41, 5.74) is -0.904. The Bertz CT molecular complexity index is 643. The molecule has 0 unspecified atom stereocenters. The van der Waals surface area contributed by atoms with Gasteiger partial charge in [0.25, 0.3) is 15.7 Å². The molecule has 1 aromatic rings. The van der Waals surface area contributed by atoms with Crippen LogP contribution in [-0.4, -0.2) is 37.0 Å². The van der Waals surface area contributed by atoms with Gasteiger partial charge in [0.05, 0.1) is 12.9 Å². The van der Waals surface area contributed by atoms with E-state index in [1.54, 1.807) is 0 Å². The van der Waals surface area contributed by atoms with E-state index in [2.05, 4.69) is 9.50 Å². The zero-order chi connectivity index (χ0) is 13.9. The highest BCUT2D eigenvalue weighted by Gasteiger charge is 2.06. The summed E-state index contributed by atoms with van der Waals surface area (Å²) in [6, 6.07) is 1.25. The molecule has 0 aromatic carbocycles. The van der Waals surface area contributed by atoms with Crippen LogP contribution in [0.1, 0.15) is 0 Å². The fraction of sp³-hybridized carbons (Fsp3) is 0.556. The molecule has 0 radical (unpaired) electrons. The summed E-state index contributed by atoms with van der Waals surface area (Å²) in [5.74, 6) is 0.306. The second-order valence-electron chi connectivity index (χ2n) is 3.72. The maximum atomic E-state index is 11.6. The van der Waals surface area contributed by atoms with Crippen molar-refractivity contribution in [3.63, 3.8) is 0 Å². The summed E-state index contributed by atoms with van der Waals surface area (Å²) in [5, 5.41) is 2.75. The summed E-state index contributed by atoms with van der Waals surface area (Å²) < 4.78 is 28.1. The molecule has 102 valence electrons. The van der Waals surface area contributed by atoms with Crippen molar-refractivity contribution < 1.29 is 12.6 Å². The van der Waals surface area contributed by atoms with Crippen LogP contribution in [0.4, 0.5) is 5.82 Å². The van der Waals surface area contributed by atoms with E-state index >= 15 is 0 Å². The fourth-order valence-corrected chi connectivity index (χ4v) is 1.66. The minimum atomic E-state index is -3.49. The quantitative estimate of drug-likeness (QED) is 0.518. The molecule has 0 aliphatic rings. The summed E-state index contributed by atoms with van der Waals surface area (Å²) in [6.07, 6.45) is 0.945. The van der Waals surface area contributed by atoms with Crippen molar-refractivity contribution in [2.75, 3.05) is 24.7 Å². The monoisotopic (exact) mass is 277 g/mol. The minimum absolute atomic E-state index is 0.0811. The first kappa shape index (κ1) is 14.5. The SMILES string of the molecule is Cn1c(NCCOS(C)(=O)=O)cc(=O)n(C)c1=O. The molecule has 8 nitrogen and oxygen atoms in total. The average Bonchev–Trinajstić information content (AvgIpc) is 2.26. The Kier molecular flexibility index (Phi) is 4.30. The number of hydrogen-bond acceptors (Lipinski definition) is 6. The van der Waals surface area contributed by atoms with E-state index in [9.17, 15) is 18.0 Å². The number of aromatic nitrogens is 2. The molecule has 0 spiro atoms. The highest BCUT2D eigenvalue weighted by atomic mass is 32.2. The van der Waals surface area contributed by atoms with Crippen LogP contribution in [0.3, 0.4) is 0 Å². The molecule has 0 fully saturated rings. The van der Waals surface area contributed by atoms with Crippen molar-refractivity contribution >= 4 is 15.9 Å². The largest absolute Gasteiger partial charge is 0.369 e. The highest BCUT2D eigenvalue weighted by Crippen LogP contribution is 1.97. The number of nitrogens with one attached hydrogen (secondary N) is 1. The van der Waals surface area contributed by atoms with E-state index in [1.165, 1.54) is 24.7 Å². The van der Waals surface area contributed by atoms with Gasteiger partial charge in [0, 0.05) is 26.7 Å².